The highest BCUT2D eigenvalue weighted by Crippen LogP contribution is 2.52. The van der Waals surface area contributed by atoms with Gasteiger partial charge in [-0.05, 0) is 68.2 Å². The fourth-order valence-corrected chi connectivity index (χ4v) is 5.18. The Morgan fingerprint density at radius 3 is 2.58 bits per heavy atom. The van der Waals surface area contributed by atoms with Crippen molar-refractivity contribution in [3.8, 4) is 5.75 Å². The SMILES string of the molecule is COc1ccccc1CCN(C)CCCCC(=O)c1ccc2c(c1)CN(C)S(O)(O)N2C.Cl. The molecule has 3 rings (SSSR count). The summed E-state index contributed by atoms with van der Waals surface area (Å²) in [6, 6.07) is 13.6. The number of ketones is 1. The minimum Gasteiger partial charge on any atom is -0.496 e. The van der Waals surface area contributed by atoms with Crippen LogP contribution in [0.5, 0.6) is 5.75 Å². The Morgan fingerprint density at radius 1 is 1.12 bits per heavy atom. The topological polar surface area (TPSA) is 76.5 Å². The summed E-state index contributed by atoms with van der Waals surface area (Å²) in [7, 11) is 4.18. The molecular weight excluding hydrogens is 462 g/mol. The molecule has 1 aliphatic rings. The molecule has 1 aliphatic heterocycles. The molecule has 9 heteroatoms. The van der Waals surface area contributed by atoms with Crippen LogP contribution in [0, 0.1) is 0 Å². The van der Waals surface area contributed by atoms with Gasteiger partial charge < -0.3 is 9.64 Å². The summed E-state index contributed by atoms with van der Waals surface area (Å²) in [5.74, 6) is 1.06. The number of fused-ring (bicyclic) bond motifs is 1. The Kier molecular flexibility index (Phi) is 10.0. The maximum absolute atomic E-state index is 12.7. The summed E-state index contributed by atoms with van der Waals surface area (Å²) in [5.41, 5.74) is 3.59. The average Bonchev–Trinajstić information content (AvgIpc) is 2.79. The highest BCUT2D eigenvalue weighted by molar-refractivity contribution is 8.23. The summed E-state index contributed by atoms with van der Waals surface area (Å²) >= 11 is 0. The van der Waals surface area contributed by atoms with E-state index in [-0.39, 0.29) is 18.2 Å². The van der Waals surface area contributed by atoms with Gasteiger partial charge in [0.1, 0.15) is 5.75 Å². The third-order valence-corrected chi connectivity index (χ3v) is 7.97. The summed E-state index contributed by atoms with van der Waals surface area (Å²) < 4.78 is 29.0. The van der Waals surface area contributed by atoms with Crippen LogP contribution in [-0.2, 0) is 13.0 Å². The quantitative estimate of drug-likeness (QED) is 0.349. The zero-order chi connectivity index (χ0) is 23.3. The number of ether oxygens (including phenoxy) is 1. The number of nitrogens with zero attached hydrogens (tertiary/aromatic N) is 3. The van der Waals surface area contributed by atoms with Gasteiger partial charge in [0.05, 0.1) is 12.8 Å². The van der Waals surface area contributed by atoms with Gasteiger partial charge in [-0.2, -0.15) is 4.31 Å². The molecule has 2 aromatic rings. The number of anilines is 1. The van der Waals surface area contributed by atoms with E-state index in [9.17, 15) is 13.9 Å². The summed E-state index contributed by atoms with van der Waals surface area (Å²) in [4.78, 5) is 15.0. The third-order valence-electron chi connectivity index (χ3n) is 6.07. The zero-order valence-corrected chi connectivity index (χ0v) is 21.5. The predicted octanol–water partition coefficient (Wildman–Crippen LogP) is 5.11. The van der Waals surface area contributed by atoms with E-state index >= 15 is 0 Å². The smallest absolute Gasteiger partial charge is 0.162 e. The Morgan fingerprint density at radius 2 is 1.85 bits per heavy atom. The van der Waals surface area contributed by atoms with Crippen LogP contribution in [0.15, 0.2) is 42.5 Å². The molecule has 0 saturated carbocycles. The highest BCUT2D eigenvalue weighted by Gasteiger charge is 2.32. The normalized spacial score (nSPS) is 16.2. The van der Waals surface area contributed by atoms with E-state index in [1.54, 1.807) is 27.3 Å². The molecule has 7 nitrogen and oxygen atoms in total. The molecule has 0 amide bonds. The van der Waals surface area contributed by atoms with E-state index < -0.39 is 11.0 Å². The molecule has 0 fully saturated rings. The molecule has 2 N–H and O–H groups in total. The van der Waals surface area contributed by atoms with Gasteiger partial charge in [-0.25, -0.2) is 0 Å². The minimum atomic E-state index is -2.97. The van der Waals surface area contributed by atoms with Gasteiger partial charge in [0.25, 0.3) is 0 Å². The van der Waals surface area contributed by atoms with Crippen molar-refractivity contribution in [2.45, 2.75) is 32.2 Å². The van der Waals surface area contributed by atoms with Crippen LogP contribution in [0.3, 0.4) is 0 Å². The van der Waals surface area contributed by atoms with Crippen molar-refractivity contribution in [2.24, 2.45) is 0 Å². The summed E-state index contributed by atoms with van der Waals surface area (Å²) in [5, 5.41) is 0. The molecule has 184 valence electrons. The van der Waals surface area contributed by atoms with E-state index in [0.717, 1.165) is 49.4 Å². The van der Waals surface area contributed by atoms with Gasteiger partial charge in [0.2, 0.25) is 0 Å². The van der Waals surface area contributed by atoms with Crippen molar-refractivity contribution in [1.29, 1.82) is 0 Å². The highest BCUT2D eigenvalue weighted by atomic mass is 35.5. The van der Waals surface area contributed by atoms with Crippen LogP contribution in [0.1, 0.15) is 40.7 Å². The Labute approximate surface area is 205 Å². The summed E-state index contributed by atoms with van der Waals surface area (Å²) in [6.07, 6.45) is 3.25. The second-order valence-electron chi connectivity index (χ2n) is 8.36. The van der Waals surface area contributed by atoms with Crippen molar-refractivity contribution >= 4 is 34.8 Å². The van der Waals surface area contributed by atoms with Crippen molar-refractivity contribution < 1.29 is 18.6 Å². The lowest BCUT2D eigenvalue weighted by atomic mass is 10.0. The first-order valence-electron chi connectivity index (χ1n) is 10.9. The van der Waals surface area contributed by atoms with E-state index in [1.165, 1.54) is 14.2 Å². The van der Waals surface area contributed by atoms with Crippen molar-refractivity contribution in [3.05, 3.63) is 59.2 Å². The van der Waals surface area contributed by atoms with Crippen LogP contribution in [0.4, 0.5) is 5.69 Å². The number of hydrogen-bond donors (Lipinski definition) is 2. The van der Waals surface area contributed by atoms with E-state index in [1.807, 2.05) is 30.3 Å². The maximum atomic E-state index is 12.7. The van der Waals surface area contributed by atoms with Crippen LogP contribution in [0.25, 0.3) is 0 Å². The van der Waals surface area contributed by atoms with Gasteiger partial charge in [0, 0.05) is 39.2 Å². The molecular formula is C24H36ClN3O4S. The van der Waals surface area contributed by atoms with E-state index in [2.05, 4.69) is 18.0 Å². The molecule has 0 saturated heterocycles. The second-order valence-corrected chi connectivity index (χ2v) is 10.5. The largest absolute Gasteiger partial charge is 0.496 e. The molecule has 33 heavy (non-hydrogen) atoms. The number of hydrogen-bond acceptors (Lipinski definition) is 7. The third kappa shape index (κ3) is 6.62. The first kappa shape index (κ1) is 27.4. The van der Waals surface area contributed by atoms with Gasteiger partial charge in [-0.15, -0.1) is 12.4 Å². The molecule has 0 aliphatic carbocycles. The Hall–Kier alpha value is -1.81. The molecule has 0 unspecified atom stereocenters. The van der Waals surface area contributed by atoms with E-state index in [0.29, 0.717) is 18.5 Å². The predicted molar refractivity (Wildman–Crippen MR) is 139 cm³/mol. The number of para-hydroxylation sites is 1. The van der Waals surface area contributed by atoms with Crippen LogP contribution in [-0.4, -0.2) is 65.4 Å². The Balaban J connectivity index is 0.00000385. The fourth-order valence-electron chi connectivity index (χ4n) is 4.00. The van der Waals surface area contributed by atoms with Crippen molar-refractivity contribution in [3.63, 3.8) is 0 Å². The molecule has 2 aromatic carbocycles. The number of methoxy groups -OCH3 is 1. The number of unbranched alkanes of at least 4 members (excludes halogenated alkanes) is 1. The zero-order valence-electron chi connectivity index (χ0n) is 19.9. The molecule has 1 heterocycles. The summed E-state index contributed by atoms with van der Waals surface area (Å²) in [6.45, 7) is 2.29. The van der Waals surface area contributed by atoms with Gasteiger partial charge in [-0.3, -0.25) is 18.2 Å². The first-order chi connectivity index (χ1) is 15.2. The monoisotopic (exact) mass is 497 g/mol. The number of carbonyl (C=O) groups is 1. The molecule has 0 radical (unpaired) electrons. The fraction of sp³-hybridized carbons (Fsp3) is 0.458. The number of likely N-dealkylation sites (N-methyl/N-ethyl adjacent to an activating group) is 1. The van der Waals surface area contributed by atoms with Crippen LogP contribution >= 0.6 is 23.4 Å². The lowest BCUT2D eigenvalue weighted by molar-refractivity contribution is 0.0978. The molecule has 0 aromatic heterocycles. The number of carbonyl (C=O) groups excluding carboxylic acids is 1. The number of rotatable bonds is 10. The van der Waals surface area contributed by atoms with Crippen LogP contribution < -0.4 is 9.04 Å². The van der Waals surface area contributed by atoms with E-state index in [4.69, 9.17) is 4.74 Å². The molecule has 0 bridgehead atoms. The lowest BCUT2D eigenvalue weighted by Crippen LogP contribution is -2.39. The number of Topliss-reactive ketones (excluding diaryl/α,β-unsaturated/α-hetero) is 1. The average molecular weight is 498 g/mol. The first-order valence-corrected chi connectivity index (χ1v) is 12.4. The van der Waals surface area contributed by atoms with Gasteiger partial charge in [0.15, 0.2) is 5.78 Å². The second kappa shape index (κ2) is 12.1. The molecule has 0 spiro atoms. The standard InChI is InChI=1S/C24H35N3O4S.ClH/c1-25(16-14-19-9-5-6-11-24(19)31-4)15-8-7-10-23(28)20-12-13-22-21(17-20)18-26(2)32(29,30)27(22)3;/h5-6,9,11-13,17,29-30H,7-8,10,14-16,18H2,1-4H3;1H. The van der Waals surface area contributed by atoms with Crippen LogP contribution in [0.2, 0.25) is 0 Å². The maximum Gasteiger partial charge on any atom is 0.162 e. The van der Waals surface area contributed by atoms with Gasteiger partial charge >= 0.3 is 0 Å². The van der Waals surface area contributed by atoms with Crippen molar-refractivity contribution in [1.82, 2.24) is 9.21 Å². The number of halogens is 1. The van der Waals surface area contributed by atoms with Crippen molar-refractivity contribution in [2.75, 3.05) is 45.6 Å². The number of benzene rings is 2. The van der Waals surface area contributed by atoms with Gasteiger partial charge in [-0.1, -0.05) is 29.2 Å². The minimum absolute atomic E-state index is 0. The Bertz CT molecular complexity index is 944. The molecule has 0 atom stereocenters. The lowest BCUT2D eigenvalue weighted by Gasteiger charge is -2.51.